The zero-order valence-corrected chi connectivity index (χ0v) is 21.6. The summed E-state index contributed by atoms with van der Waals surface area (Å²) in [5.74, 6) is 0.794. The molecule has 1 N–H and O–H groups in total. The van der Waals surface area contributed by atoms with Crippen molar-refractivity contribution < 1.29 is 13.2 Å². The van der Waals surface area contributed by atoms with E-state index < -0.39 is 15.4 Å². The Morgan fingerprint density at radius 3 is 2.39 bits per heavy atom. The summed E-state index contributed by atoms with van der Waals surface area (Å²) in [5.41, 5.74) is 4.54. The Labute approximate surface area is 211 Å². The number of anilines is 3. The summed E-state index contributed by atoms with van der Waals surface area (Å²) in [6.07, 6.45) is 7.52. The Hall–Kier alpha value is -3.24. The number of nitrogens with one attached hydrogen (secondary N) is 1. The van der Waals surface area contributed by atoms with Gasteiger partial charge in [0.2, 0.25) is 15.9 Å². The average Bonchev–Trinajstić information content (AvgIpc) is 3.06. The number of aromatic nitrogens is 2. The van der Waals surface area contributed by atoms with Gasteiger partial charge in [-0.25, -0.2) is 13.4 Å². The van der Waals surface area contributed by atoms with Gasteiger partial charge in [0.05, 0.1) is 34.8 Å². The molecule has 1 saturated carbocycles. The van der Waals surface area contributed by atoms with Crippen LogP contribution in [0.5, 0.6) is 0 Å². The molecule has 0 unspecified atom stereocenters. The van der Waals surface area contributed by atoms with E-state index in [9.17, 15) is 13.2 Å². The number of sulfonamides is 1. The van der Waals surface area contributed by atoms with E-state index in [0.717, 1.165) is 85.0 Å². The molecule has 2 fully saturated rings. The maximum Gasteiger partial charge on any atom is 0.237 e. The van der Waals surface area contributed by atoms with Crippen LogP contribution < -0.4 is 14.5 Å². The Morgan fingerprint density at radius 1 is 0.972 bits per heavy atom. The Bertz CT molecular complexity index is 1490. The molecule has 1 spiro atoms. The molecule has 0 bridgehead atoms. The van der Waals surface area contributed by atoms with Crippen molar-refractivity contribution in [1.82, 2.24) is 14.9 Å². The molecule has 1 aliphatic carbocycles. The van der Waals surface area contributed by atoms with Gasteiger partial charge in [0, 0.05) is 55.9 Å². The highest BCUT2D eigenvalue weighted by molar-refractivity contribution is 7.92. The first-order valence-electron chi connectivity index (χ1n) is 12.3. The Morgan fingerprint density at radius 2 is 1.72 bits per heavy atom. The molecule has 3 aromatic rings. The molecule has 6 rings (SSSR count). The first kappa shape index (κ1) is 23.2. The third kappa shape index (κ3) is 3.62. The van der Waals surface area contributed by atoms with Gasteiger partial charge in [-0.1, -0.05) is 12.5 Å². The van der Waals surface area contributed by atoms with Crippen molar-refractivity contribution >= 4 is 44.0 Å². The lowest BCUT2D eigenvalue weighted by Gasteiger charge is -2.37. The second-order valence-electron chi connectivity index (χ2n) is 10.3. The van der Waals surface area contributed by atoms with Gasteiger partial charge in [0.25, 0.3) is 0 Å². The number of rotatable bonds is 4. The molecule has 2 aliphatic heterocycles. The van der Waals surface area contributed by atoms with Crippen LogP contribution >= 0.6 is 0 Å². The highest BCUT2D eigenvalue weighted by Crippen LogP contribution is 2.55. The van der Waals surface area contributed by atoms with Crippen LogP contribution in [-0.2, 0) is 20.2 Å². The van der Waals surface area contributed by atoms with E-state index in [2.05, 4.69) is 32.6 Å². The first-order valence-corrected chi connectivity index (χ1v) is 14.2. The molecule has 3 aliphatic rings. The van der Waals surface area contributed by atoms with Crippen LogP contribution in [0, 0.1) is 0 Å². The molecule has 36 heavy (non-hydrogen) atoms. The minimum absolute atomic E-state index is 0.154. The Kier molecular flexibility index (Phi) is 5.24. The molecule has 4 heterocycles. The molecule has 0 atom stereocenters. The fourth-order valence-corrected chi connectivity index (χ4v) is 6.36. The minimum Gasteiger partial charge on any atom is -0.352 e. The molecule has 1 amide bonds. The van der Waals surface area contributed by atoms with Crippen LogP contribution in [0.2, 0.25) is 0 Å². The zero-order chi connectivity index (χ0) is 25.2. The predicted octanol–water partition coefficient (Wildman–Crippen LogP) is 2.82. The number of nitrogens with zero attached hydrogens (tertiary/aromatic N) is 5. The molecular weight excluding hydrogens is 476 g/mol. The molecule has 2 aromatic heterocycles. The van der Waals surface area contributed by atoms with Crippen molar-refractivity contribution in [3.8, 4) is 11.1 Å². The monoisotopic (exact) mass is 506 g/mol. The number of likely N-dealkylation sites (N-methyl/N-ethyl adjacent to an activating group) is 2. The lowest BCUT2D eigenvalue weighted by molar-refractivity contribution is -0.125. The van der Waals surface area contributed by atoms with Crippen LogP contribution in [0.15, 0.2) is 36.7 Å². The second kappa shape index (κ2) is 8.14. The Balaban J connectivity index is 1.46. The molecule has 1 saturated heterocycles. The third-order valence-corrected chi connectivity index (χ3v) is 8.50. The number of amides is 1. The van der Waals surface area contributed by atoms with Crippen molar-refractivity contribution in [2.45, 2.75) is 24.7 Å². The molecule has 10 heteroatoms. The number of hydrogen-bond acceptors (Lipinski definition) is 7. The van der Waals surface area contributed by atoms with Gasteiger partial charge in [-0.15, -0.1) is 0 Å². The number of fused-ring (bicyclic) bond motifs is 4. The van der Waals surface area contributed by atoms with Gasteiger partial charge in [-0.05, 0) is 43.7 Å². The van der Waals surface area contributed by atoms with E-state index in [1.807, 2.05) is 31.4 Å². The van der Waals surface area contributed by atoms with Crippen LogP contribution in [0.3, 0.4) is 0 Å². The van der Waals surface area contributed by atoms with Crippen LogP contribution in [0.1, 0.15) is 24.8 Å². The van der Waals surface area contributed by atoms with Gasteiger partial charge in [0.15, 0.2) is 5.82 Å². The zero-order valence-electron chi connectivity index (χ0n) is 20.8. The maximum atomic E-state index is 13.2. The topological polar surface area (TPSA) is 98.7 Å². The number of benzene rings is 1. The van der Waals surface area contributed by atoms with E-state index in [4.69, 9.17) is 4.98 Å². The molecule has 9 nitrogen and oxygen atoms in total. The minimum atomic E-state index is -3.49. The van der Waals surface area contributed by atoms with Gasteiger partial charge < -0.3 is 14.7 Å². The van der Waals surface area contributed by atoms with Crippen molar-refractivity contribution in [2.24, 2.45) is 0 Å². The summed E-state index contributed by atoms with van der Waals surface area (Å²) >= 11 is 0. The standard InChI is InChI=1S/C26H30N6O3S/c1-30-9-11-32(12-10-30)24-21(29-36(3,34)35)14-18(15-28-24)17-5-6-20-19(13-17)23-22(16-27-20)31(2)25(33)26(23)7-4-8-26/h5-6,13-16,29H,4,7-12H2,1-3H3. The lowest BCUT2D eigenvalue weighted by Crippen LogP contribution is -2.45. The van der Waals surface area contributed by atoms with Gasteiger partial charge >= 0.3 is 0 Å². The van der Waals surface area contributed by atoms with Crippen molar-refractivity contribution in [2.75, 3.05) is 61.1 Å². The molecule has 1 aromatic carbocycles. The average molecular weight is 507 g/mol. The van der Waals surface area contributed by atoms with Gasteiger partial charge in [0.1, 0.15) is 0 Å². The smallest absolute Gasteiger partial charge is 0.237 e. The highest BCUT2D eigenvalue weighted by atomic mass is 32.2. The van der Waals surface area contributed by atoms with Crippen molar-refractivity contribution in [3.63, 3.8) is 0 Å². The fraction of sp³-hybridized carbons (Fsp3) is 0.423. The van der Waals surface area contributed by atoms with Crippen molar-refractivity contribution in [3.05, 3.63) is 42.2 Å². The van der Waals surface area contributed by atoms with Crippen molar-refractivity contribution in [1.29, 1.82) is 0 Å². The number of piperazine rings is 1. The summed E-state index contributed by atoms with van der Waals surface area (Å²) in [4.78, 5) is 28.6. The summed E-state index contributed by atoms with van der Waals surface area (Å²) in [7, 11) is 0.412. The van der Waals surface area contributed by atoms with Gasteiger partial charge in [-0.3, -0.25) is 14.5 Å². The van der Waals surface area contributed by atoms with E-state index in [-0.39, 0.29) is 5.91 Å². The molecule has 0 radical (unpaired) electrons. The van der Waals surface area contributed by atoms with E-state index in [0.29, 0.717) is 11.5 Å². The molecule has 188 valence electrons. The quantitative estimate of drug-likeness (QED) is 0.581. The number of carbonyl (C=O) groups excluding carboxylic acids is 1. The number of pyridine rings is 2. The predicted molar refractivity (Wildman–Crippen MR) is 142 cm³/mol. The summed E-state index contributed by atoms with van der Waals surface area (Å²) in [6.45, 7) is 3.33. The molecular formula is C26H30N6O3S. The van der Waals surface area contributed by atoms with Crippen LogP contribution in [0.25, 0.3) is 22.0 Å². The van der Waals surface area contributed by atoms with E-state index >= 15 is 0 Å². The van der Waals surface area contributed by atoms with Crippen LogP contribution in [0.4, 0.5) is 17.2 Å². The second-order valence-corrected chi connectivity index (χ2v) is 12.1. The highest BCUT2D eigenvalue weighted by Gasteiger charge is 2.54. The SMILES string of the molecule is CN1CCN(c2ncc(-c3ccc4ncc5c(c4c3)C3(CCC3)C(=O)N5C)cc2NS(C)(=O)=O)CC1. The third-order valence-electron chi connectivity index (χ3n) is 7.91. The summed E-state index contributed by atoms with van der Waals surface area (Å²) < 4.78 is 27.1. The van der Waals surface area contributed by atoms with E-state index in [1.165, 1.54) is 0 Å². The van der Waals surface area contributed by atoms with E-state index in [1.54, 1.807) is 11.1 Å². The summed E-state index contributed by atoms with van der Waals surface area (Å²) in [5, 5.41) is 0.975. The lowest BCUT2D eigenvalue weighted by atomic mass is 9.64. The number of hydrogen-bond donors (Lipinski definition) is 1. The first-order chi connectivity index (χ1) is 17.2. The van der Waals surface area contributed by atoms with Gasteiger partial charge in [-0.2, -0.15) is 0 Å². The summed E-state index contributed by atoms with van der Waals surface area (Å²) in [6, 6.07) is 7.88. The number of carbonyl (C=O) groups is 1. The maximum absolute atomic E-state index is 13.2. The normalized spacial score (nSPS) is 19.6. The fourth-order valence-electron chi connectivity index (χ4n) is 5.81. The van der Waals surface area contributed by atoms with Crippen LogP contribution in [-0.4, -0.2) is 75.7 Å². The largest absolute Gasteiger partial charge is 0.352 e.